The van der Waals surface area contributed by atoms with E-state index < -0.39 is 0 Å². The Bertz CT molecular complexity index is 322. The maximum absolute atomic E-state index is 5.60. The Balaban J connectivity index is 2.29. The average molecular weight is 207 g/mol. The van der Waals surface area contributed by atoms with Crippen LogP contribution in [-0.4, -0.2) is 6.54 Å². The summed E-state index contributed by atoms with van der Waals surface area (Å²) < 4.78 is 0. The summed E-state index contributed by atoms with van der Waals surface area (Å²) in [4.78, 5) is 0. The molecule has 2 rings (SSSR count). The second-order valence-electron chi connectivity index (χ2n) is 3.99. The molecule has 0 spiro atoms. The molecule has 2 heteroatoms. The molecule has 1 aromatic rings. The van der Waals surface area contributed by atoms with Crippen molar-refractivity contribution in [2.75, 3.05) is 6.54 Å². The Morgan fingerprint density at radius 3 is 2.64 bits per heavy atom. The fourth-order valence-electron chi connectivity index (χ4n) is 2.10. The largest absolute Gasteiger partial charge is 0.329 e. The van der Waals surface area contributed by atoms with Crippen molar-refractivity contribution in [1.29, 1.82) is 0 Å². The molecule has 1 atom stereocenters. The summed E-state index contributed by atoms with van der Waals surface area (Å²) in [5, 5.41) is 0.197. The number of aryl methyl sites for hydroxylation is 2. The second-order valence-corrected chi connectivity index (χ2v) is 4.61. The predicted octanol–water partition coefficient (Wildman–Crippen LogP) is 2.50. The molecule has 1 nitrogen and oxygen atoms in total. The van der Waals surface area contributed by atoms with Crippen LogP contribution in [0.25, 0.3) is 0 Å². The van der Waals surface area contributed by atoms with Gasteiger partial charge in [0.25, 0.3) is 0 Å². The van der Waals surface area contributed by atoms with Gasteiger partial charge in [-0.25, -0.2) is 0 Å². The maximum atomic E-state index is 5.60. The number of benzene rings is 1. The smallest absolute Gasteiger partial charge is 0.0389 e. The van der Waals surface area contributed by atoms with Crippen molar-refractivity contribution in [3.05, 3.63) is 34.9 Å². The Kier molecular flexibility index (Phi) is 3.14. The first-order chi connectivity index (χ1) is 6.81. The van der Waals surface area contributed by atoms with E-state index in [1.54, 1.807) is 0 Å². The Labute approximate surface area is 91.1 Å². The van der Waals surface area contributed by atoms with Crippen LogP contribution in [0.5, 0.6) is 0 Å². The Hall–Kier alpha value is -0.470. The van der Waals surface area contributed by atoms with Crippen molar-refractivity contribution in [3.8, 4) is 0 Å². The lowest BCUT2D eigenvalue weighted by Gasteiger charge is -2.18. The van der Waals surface area contributed by atoms with E-state index in [1.165, 1.54) is 42.4 Å². The first-order valence-corrected chi connectivity index (χ1v) is 5.82. The fraction of sp³-hybridized carbons (Fsp3) is 0.500. The van der Waals surface area contributed by atoms with Gasteiger partial charge in [-0.1, -0.05) is 18.2 Å². The molecular formula is C12H17NS. The highest BCUT2D eigenvalue weighted by molar-refractivity contribution is 7.80. The molecule has 1 aliphatic rings. The molecule has 0 saturated heterocycles. The van der Waals surface area contributed by atoms with Crippen LogP contribution < -0.4 is 5.73 Å². The van der Waals surface area contributed by atoms with Gasteiger partial charge in [0.15, 0.2) is 0 Å². The summed E-state index contributed by atoms with van der Waals surface area (Å²) in [6.45, 7) is 0.613. The highest BCUT2D eigenvalue weighted by Gasteiger charge is 2.11. The SMILES string of the molecule is NCC(S)c1ccc2c(c1)CCCC2. The van der Waals surface area contributed by atoms with E-state index in [4.69, 9.17) is 5.73 Å². The van der Waals surface area contributed by atoms with Crippen molar-refractivity contribution < 1.29 is 0 Å². The zero-order chi connectivity index (χ0) is 9.97. The van der Waals surface area contributed by atoms with Crippen LogP contribution in [-0.2, 0) is 12.8 Å². The van der Waals surface area contributed by atoms with Crippen molar-refractivity contribution in [2.45, 2.75) is 30.9 Å². The number of rotatable bonds is 2. The van der Waals surface area contributed by atoms with Crippen LogP contribution in [0.1, 0.15) is 34.8 Å². The summed E-state index contributed by atoms with van der Waals surface area (Å²) in [5.41, 5.74) is 9.92. The Morgan fingerprint density at radius 1 is 1.21 bits per heavy atom. The lowest BCUT2D eigenvalue weighted by Crippen LogP contribution is -2.09. The molecule has 0 aliphatic heterocycles. The van der Waals surface area contributed by atoms with E-state index >= 15 is 0 Å². The zero-order valence-corrected chi connectivity index (χ0v) is 9.26. The van der Waals surface area contributed by atoms with E-state index in [0.29, 0.717) is 6.54 Å². The van der Waals surface area contributed by atoms with Gasteiger partial charge in [-0.3, -0.25) is 0 Å². The van der Waals surface area contributed by atoms with Crippen LogP contribution >= 0.6 is 12.6 Å². The molecule has 0 fully saturated rings. The predicted molar refractivity (Wildman–Crippen MR) is 63.9 cm³/mol. The van der Waals surface area contributed by atoms with Gasteiger partial charge in [0, 0.05) is 11.8 Å². The third kappa shape index (κ3) is 1.96. The van der Waals surface area contributed by atoms with Crippen molar-refractivity contribution >= 4 is 12.6 Å². The minimum Gasteiger partial charge on any atom is -0.329 e. The average Bonchev–Trinajstić information content (AvgIpc) is 2.27. The fourth-order valence-corrected chi connectivity index (χ4v) is 2.26. The van der Waals surface area contributed by atoms with Crippen LogP contribution in [0.4, 0.5) is 0 Å². The summed E-state index contributed by atoms with van der Waals surface area (Å²) in [6.07, 6.45) is 5.15. The van der Waals surface area contributed by atoms with E-state index in [0.717, 1.165) is 0 Å². The number of fused-ring (bicyclic) bond motifs is 1. The monoisotopic (exact) mass is 207 g/mol. The third-order valence-corrected chi connectivity index (χ3v) is 3.49. The van der Waals surface area contributed by atoms with Gasteiger partial charge in [-0.2, -0.15) is 12.6 Å². The highest BCUT2D eigenvalue weighted by Crippen LogP contribution is 2.26. The topological polar surface area (TPSA) is 26.0 Å². The van der Waals surface area contributed by atoms with Gasteiger partial charge in [0.1, 0.15) is 0 Å². The van der Waals surface area contributed by atoms with Gasteiger partial charge in [-0.15, -0.1) is 0 Å². The molecule has 1 unspecified atom stereocenters. The highest BCUT2D eigenvalue weighted by atomic mass is 32.1. The normalized spacial score (nSPS) is 17.6. The molecule has 2 N–H and O–H groups in total. The maximum Gasteiger partial charge on any atom is 0.0389 e. The van der Waals surface area contributed by atoms with Gasteiger partial charge in [-0.05, 0) is 42.4 Å². The molecule has 14 heavy (non-hydrogen) atoms. The van der Waals surface area contributed by atoms with Crippen LogP contribution in [0.3, 0.4) is 0 Å². The molecule has 76 valence electrons. The minimum absolute atomic E-state index is 0.197. The second kappa shape index (κ2) is 4.37. The van der Waals surface area contributed by atoms with Gasteiger partial charge >= 0.3 is 0 Å². The lowest BCUT2D eigenvalue weighted by atomic mass is 9.90. The summed E-state index contributed by atoms with van der Waals surface area (Å²) in [5.74, 6) is 0. The molecule has 0 radical (unpaired) electrons. The number of nitrogens with two attached hydrogens (primary N) is 1. The molecule has 0 aromatic heterocycles. The van der Waals surface area contributed by atoms with E-state index in [9.17, 15) is 0 Å². The van der Waals surface area contributed by atoms with Gasteiger partial charge in [0.2, 0.25) is 0 Å². The summed E-state index contributed by atoms with van der Waals surface area (Å²) in [6, 6.07) is 6.72. The molecule has 1 aromatic carbocycles. The van der Waals surface area contributed by atoms with Crippen LogP contribution in [0.15, 0.2) is 18.2 Å². The third-order valence-electron chi connectivity index (χ3n) is 2.98. The summed E-state index contributed by atoms with van der Waals surface area (Å²) in [7, 11) is 0. The Morgan fingerprint density at radius 2 is 1.93 bits per heavy atom. The molecule has 1 aliphatic carbocycles. The number of hydrogen-bond donors (Lipinski definition) is 2. The van der Waals surface area contributed by atoms with E-state index in [1.807, 2.05) is 0 Å². The van der Waals surface area contributed by atoms with Crippen molar-refractivity contribution in [1.82, 2.24) is 0 Å². The molecular weight excluding hydrogens is 190 g/mol. The van der Waals surface area contributed by atoms with Crippen LogP contribution in [0, 0.1) is 0 Å². The molecule has 0 heterocycles. The standard InChI is InChI=1S/C12H17NS/c13-8-12(14)11-6-5-9-3-1-2-4-10(9)7-11/h5-7,12,14H,1-4,8,13H2. The summed E-state index contributed by atoms with van der Waals surface area (Å²) >= 11 is 4.46. The van der Waals surface area contributed by atoms with Crippen molar-refractivity contribution in [3.63, 3.8) is 0 Å². The molecule has 0 saturated carbocycles. The van der Waals surface area contributed by atoms with Gasteiger partial charge in [0.05, 0.1) is 0 Å². The van der Waals surface area contributed by atoms with Crippen LogP contribution in [0.2, 0.25) is 0 Å². The first-order valence-electron chi connectivity index (χ1n) is 5.31. The number of thiol groups is 1. The van der Waals surface area contributed by atoms with E-state index in [-0.39, 0.29) is 5.25 Å². The molecule has 0 amide bonds. The lowest BCUT2D eigenvalue weighted by molar-refractivity contribution is 0.684. The quantitative estimate of drug-likeness (QED) is 0.716. The zero-order valence-electron chi connectivity index (χ0n) is 8.37. The van der Waals surface area contributed by atoms with Crippen molar-refractivity contribution in [2.24, 2.45) is 5.73 Å². The van der Waals surface area contributed by atoms with E-state index in [2.05, 4.69) is 30.8 Å². The minimum atomic E-state index is 0.197. The number of hydrogen-bond acceptors (Lipinski definition) is 2. The first kappa shape index (κ1) is 10.1. The molecule has 0 bridgehead atoms. The van der Waals surface area contributed by atoms with Gasteiger partial charge < -0.3 is 5.73 Å².